The number of hydrogen-bond acceptors (Lipinski definition) is 1. The first-order valence-corrected chi connectivity index (χ1v) is 16.1. The average Bonchev–Trinajstić information content (AvgIpc) is 3.72. The van der Waals surface area contributed by atoms with E-state index in [1.165, 1.54) is 70.9 Å². The van der Waals surface area contributed by atoms with E-state index < -0.39 is 0 Å². The van der Waals surface area contributed by atoms with Gasteiger partial charge in [0.25, 0.3) is 0 Å². The molecule has 10 aromatic rings. The molecule has 0 fully saturated rings. The minimum atomic E-state index is 1.14. The number of rotatable bonds is 3. The number of aryl methyl sites for hydroxylation is 1. The first-order valence-electron chi connectivity index (χ1n) is 16.1. The molecule has 0 unspecified atom stereocenters. The molecular formula is C44H29N3. The van der Waals surface area contributed by atoms with Gasteiger partial charge in [0, 0.05) is 62.5 Å². The van der Waals surface area contributed by atoms with E-state index in [0.717, 1.165) is 22.2 Å². The van der Waals surface area contributed by atoms with Gasteiger partial charge in [0.1, 0.15) is 0 Å². The predicted molar refractivity (Wildman–Crippen MR) is 198 cm³/mol. The molecule has 0 radical (unpaired) electrons. The number of nitrogens with zero attached hydrogens (tertiary/aromatic N) is 3. The highest BCUT2D eigenvalue weighted by Crippen LogP contribution is 2.42. The third-order valence-corrected chi connectivity index (χ3v) is 9.94. The molecule has 3 nitrogen and oxygen atoms in total. The highest BCUT2D eigenvalue weighted by molar-refractivity contribution is 6.30. The Morgan fingerprint density at radius 3 is 2.02 bits per heavy atom. The normalized spacial score (nSPS) is 11.9. The van der Waals surface area contributed by atoms with E-state index in [4.69, 9.17) is 0 Å². The zero-order valence-corrected chi connectivity index (χ0v) is 25.9. The number of benzene rings is 7. The molecule has 0 saturated carbocycles. The summed E-state index contributed by atoms with van der Waals surface area (Å²) in [4.78, 5) is 4.54. The van der Waals surface area contributed by atoms with Crippen LogP contribution >= 0.6 is 0 Å². The van der Waals surface area contributed by atoms with E-state index in [2.05, 4.69) is 167 Å². The second-order valence-electron chi connectivity index (χ2n) is 12.5. The largest absolute Gasteiger partial charge is 0.316 e. The maximum Gasteiger partial charge on any atom is 0.0607 e. The van der Waals surface area contributed by atoms with Gasteiger partial charge < -0.3 is 9.13 Å². The smallest absolute Gasteiger partial charge is 0.0607 e. The molecule has 0 bridgehead atoms. The standard InChI is InChI=1S/C44H29N3/c1-28-8-2-7-13-39(28)46-25-24-31-16-20-36-37(44(31)46)21-23-41-43(36)42-35-12-6-3-9-29(35)17-22-40(42)47(41)33-18-14-30(15-19-33)38-27-45-26-32-10-4-5-11-34(32)38/h2-27H,1H3. The Bertz CT molecular complexity index is 2850. The van der Waals surface area contributed by atoms with Crippen molar-refractivity contribution >= 4 is 65.0 Å². The molecule has 0 atom stereocenters. The fraction of sp³-hybridized carbons (Fsp3) is 0.0227. The maximum absolute atomic E-state index is 4.54. The second-order valence-corrected chi connectivity index (χ2v) is 12.5. The summed E-state index contributed by atoms with van der Waals surface area (Å²) in [6, 6.07) is 50.9. The van der Waals surface area contributed by atoms with Gasteiger partial charge in [0.05, 0.1) is 16.6 Å². The van der Waals surface area contributed by atoms with Gasteiger partial charge in [0.15, 0.2) is 0 Å². The van der Waals surface area contributed by atoms with E-state index in [-0.39, 0.29) is 0 Å². The third kappa shape index (κ3) is 3.77. The minimum Gasteiger partial charge on any atom is -0.316 e. The molecule has 220 valence electrons. The van der Waals surface area contributed by atoms with Gasteiger partial charge in [-0.05, 0) is 76.0 Å². The lowest BCUT2D eigenvalue weighted by Crippen LogP contribution is -1.96. The van der Waals surface area contributed by atoms with Gasteiger partial charge in [-0.3, -0.25) is 4.98 Å². The van der Waals surface area contributed by atoms with Gasteiger partial charge in [0.2, 0.25) is 0 Å². The summed E-state index contributed by atoms with van der Waals surface area (Å²) >= 11 is 0. The summed E-state index contributed by atoms with van der Waals surface area (Å²) in [5.41, 5.74) is 9.58. The molecule has 0 N–H and O–H groups in total. The van der Waals surface area contributed by atoms with Crippen LogP contribution in [-0.4, -0.2) is 14.1 Å². The average molecular weight is 600 g/mol. The van der Waals surface area contributed by atoms with Crippen molar-refractivity contribution in [2.75, 3.05) is 0 Å². The van der Waals surface area contributed by atoms with Crippen molar-refractivity contribution in [2.24, 2.45) is 0 Å². The highest BCUT2D eigenvalue weighted by atomic mass is 15.0. The third-order valence-electron chi connectivity index (χ3n) is 9.94. The van der Waals surface area contributed by atoms with Crippen LogP contribution in [0.15, 0.2) is 158 Å². The molecule has 0 aliphatic carbocycles. The molecule has 3 heterocycles. The fourth-order valence-corrected chi connectivity index (χ4v) is 7.77. The van der Waals surface area contributed by atoms with Crippen molar-refractivity contribution in [2.45, 2.75) is 6.92 Å². The lowest BCUT2D eigenvalue weighted by atomic mass is 9.98. The Labute approximate surface area is 271 Å². The van der Waals surface area contributed by atoms with Crippen LogP contribution in [0.3, 0.4) is 0 Å². The van der Waals surface area contributed by atoms with Crippen molar-refractivity contribution in [1.82, 2.24) is 14.1 Å². The van der Waals surface area contributed by atoms with Gasteiger partial charge in [-0.1, -0.05) is 103 Å². The van der Waals surface area contributed by atoms with E-state index >= 15 is 0 Å². The van der Waals surface area contributed by atoms with Crippen LogP contribution in [0.2, 0.25) is 0 Å². The SMILES string of the molecule is Cc1ccccc1-n1ccc2ccc3c(ccc4c3c3c5ccccc5ccc3n4-c3ccc(-c4cncc5ccccc45)cc3)c21. The van der Waals surface area contributed by atoms with Gasteiger partial charge >= 0.3 is 0 Å². The number of aromatic nitrogens is 3. The minimum absolute atomic E-state index is 1.14. The topological polar surface area (TPSA) is 22.8 Å². The van der Waals surface area contributed by atoms with Crippen LogP contribution in [0.1, 0.15) is 5.56 Å². The van der Waals surface area contributed by atoms with E-state index in [9.17, 15) is 0 Å². The van der Waals surface area contributed by atoms with Crippen LogP contribution in [0.5, 0.6) is 0 Å². The summed E-state index contributed by atoms with van der Waals surface area (Å²) < 4.78 is 4.79. The van der Waals surface area contributed by atoms with Crippen LogP contribution < -0.4 is 0 Å². The molecule has 0 amide bonds. The summed E-state index contributed by atoms with van der Waals surface area (Å²) in [7, 11) is 0. The number of pyridine rings is 1. The molecule has 0 saturated heterocycles. The molecule has 0 aliphatic rings. The molecule has 3 heteroatoms. The van der Waals surface area contributed by atoms with E-state index in [1.54, 1.807) is 0 Å². The Hall–Kier alpha value is -6.19. The summed E-state index contributed by atoms with van der Waals surface area (Å²) in [5.74, 6) is 0. The molecule has 10 rings (SSSR count). The number of fused-ring (bicyclic) bond motifs is 10. The number of para-hydroxylation sites is 1. The summed E-state index contributed by atoms with van der Waals surface area (Å²) in [5, 5.41) is 11.2. The Balaban J connectivity index is 1.27. The molecule has 0 aliphatic heterocycles. The quantitative estimate of drug-likeness (QED) is 0.198. The molecule has 3 aromatic heterocycles. The molecule has 7 aromatic carbocycles. The zero-order valence-electron chi connectivity index (χ0n) is 25.9. The van der Waals surface area contributed by atoms with Gasteiger partial charge in [-0.15, -0.1) is 0 Å². The first-order chi connectivity index (χ1) is 23.2. The highest BCUT2D eigenvalue weighted by Gasteiger charge is 2.19. The number of hydrogen-bond donors (Lipinski definition) is 0. The van der Waals surface area contributed by atoms with E-state index in [1.807, 2.05) is 12.4 Å². The Morgan fingerprint density at radius 1 is 0.489 bits per heavy atom. The Kier molecular flexibility index (Phi) is 5.49. The maximum atomic E-state index is 4.54. The van der Waals surface area contributed by atoms with Crippen LogP contribution in [0.25, 0.3) is 87.5 Å². The van der Waals surface area contributed by atoms with Crippen LogP contribution in [0.4, 0.5) is 0 Å². The first kappa shape index (κ1) is 26.1. The Morgan fingerprint density at radius 2 is 1.17 bits per heavy atom. The fourth-order valence-electron chi connectivity index (χ4n) is 7.77. The summed E-state index contributed by atoms with van der Waals surface area (Å²) in [6.07, 6.45) is 6.12. The van der Waals surface area contributed by atoms with Crippen LogP contribution in [-0.2, 0) is 0 Å². The second kappa shape index (κ2) is 9.90. The van der Waals surface area contributed by atoms with Crippen molar-refractivity contribution in [1.29, 1.82) is 0 Å². The lowest BCUT2D eigenvalue weighted by Gasteiger charge is -2.12. The molecule has 0 spiro atoms. The summed E-state index contributed by atoms with van der Waals surface area (Å²) in [6.45, 7) is 2.19. The van der Waals surface area contributed by atoms with Gasteiger partial charge in [-0.2, -0.15) is 0 Å². The van der Waals surface area contributed by atoms with Crippen LogP contribution in [0, 0.1) is 6.92 Å². The van der Waals surface area contributed by atoms with Gasteiger partial charge in [-0.25, -0.2) is 0 Å². The van der Waals surface area contributed by atoms with Crippen molar-refractivity contribution < 1.29 is 0 Å². The zero-order chi connectivity index (χ0) is 31.1. The molecular weight excluding hydrogens is 571 g/mol. The van der Waals surface area contributed by atoms with E-state index in [0.29, 0.717) is 0 Å². The predicted octanol–water partition coefficient (Wildman–Crippen LogP) is 11.6. The van der Waals surface area contributed by atoms with Crippen molar-refractivity contribution in [3.05, 3.63) is 164 Å². The van der Waals surface area contributed by atoms with Crippen molar-refractivity contribution in [3.63, 3.8) is 0 Å². The van der Waals surface area contributed by atoms with Crippen molar-refractivity contribution in [3.8, 4) is 22.5 Å². The monoisotopic (exact) mass is 599 g/mol. The lowest BCUT2D eigenvalue weighted by molar-refractivity contribution is 1.11. The molecule has 47 heavy (non-hydrogen) atoms.